The molecule has 0 aliphatic carbocycles. The molecule has 2 heterocycles. The van der Waals surface area contributed by atoms with E-state index in [2.05, 4.69) is 54.1 Å². The Labute approximate surface area is 122 Å². The van der Waals surface area contributed by atoms with Gasteiger partial charge in [-0.3, -0.25) is 0 Å². The van der Waals surface area contributed by atoms with Crippen LogP contribution in [0.15, 0.2) is 6.07 Å². The van der Waals surface area contributed by atoms with Gasteiger partial charge in [0.25, 0.3) is 0 Å². The third kappa shape index (κ3) is 3.90. The molecule has 1 aromatic heterocycles. The maximum absolute atomic E-state index is 4.69. The molecule has 112 valence electrons. The van der Waals surface area contributed by atoms with Crippen molar-refractivity contribution in [1.82, 2.24) is 19.8 Å². The molecule has 5 nitrogen and oxygen atoms in total. The van der Waals surface area contributed by atoms with Crippen molar-refractivity contribution in [3.63, 3.8) is 0 Å². The molecule has 1 aliphatic rings. The Kier molecular flexibility index (Phi) is 5.31. The molecular formula is C15H27N5. The van der Waals surface area contributed by atoms with Gasteiger partial charge < -0.3 is 15.1 Å². The minimum absolute atomic E-state index is 0.510. The molecule has 1 aromatic rings. The Morgan fingerprint density at radius 2 is 2.05 bits per heavy atom. The number of nitrogens with zero attached hydrogens (tertiary/aromatic N) is 4. The van der Waals surface area contributed by atoms with Crippen molar-refractivity contribution in [2.75, 3.05) is 45.6 Å². The van der Waals surface area contributed by atoms with Gasteiger partial charge in [-0.05, 0) is 27.4 Å². The molecule has 0 amide bonds. The second kappa shape index (κ2) is 6.99. The highest BCUT2D eigenvalue weighted by atomic mass is 15.3. The van der Waals surface area contributed by atoms with Gasteiger partial charge in [0.1, 0.15) is 11.6 Å². The third-order valence-electron chi connectivity index (χ3n) is 3.94. The number of rotatable bonds is 5. The second-order valence-electron chi connectivity index (χ2n) is 5.65. The third-order valence-corrected chi connectivity index (χ3v) is 3.94. The largest absolute Gasteiger partial charge is 0.370 e. The first-order valence-corrected chi connectivity index (χ1v) is 7.61. The zero-order chi connectivity index (χ0) is 14.5. The van der Waals surface area contributed by atoms with Gasteiger partial charge in [-0.1, -0.05) is 6.92 Å². The summed E-state index contributed by atoms with van der Waals surface area (Å²) in [4.78, 5) is 14.2. The first-order chi connectivity index (χ1) is 9.62. The van der Waals surface area contributed by atoms with Crippen LogP contribution in [0.25, 0.3) is 0 Å². The molecule has 5 heteroatoms. The molecule has 20 heavy (non-hydrogen) atoms. The summed E-state index contributed by atoms with van der Waals surface area (Å²) < 4.78 is 0. The van der Waals surface area contributed by atoms with Crippen molar-refractivity contribution >= 4 is 5.82 Å². The Morgan fingerprint density at radius 3 is 2.75 bits per heavy atom. The van der Waals surface area contributed by atoms with E-state index < -0.39 is 0 Å². The number of anilines is 1. The van der Waals surface area contributed by atoms with Crippen molar-refractivity contribution < 1.29 is 0 Å². The number of piperazine rings is 1. The summed E-state index contributed by atoms with van der Waals surface area (Å²) >= 11 is 0. The lowest BCUT2D eigenvalue weighted by molar-refractivity contribution is 0.113. The van der Waals surface area contributed by atoms with Crippen LogP contribution in [-0.2, 0) is 12.8 Å². The summed E-state index contributed by atoms with van der Waals surface area (Å²) in [5.41, 5.74) is 1.12. The van der Waals surface area contributed by atoms with E-state index in [0.29, 0.717) is 6.04 Å². The van der Waals surface area contributed by atoms with Gasteiger partial charge in [0.2, 0.25) is 0 Å². The Hall–Kier alpha value is -1.20. The summed E-state index contributed by atoms with van der Waals surface area (Å²) in [7, 11) is 4.39. The molecule has 2 rings (SSSR count). The first-order valence-electron chi connectivity index (χ1n) is 7.61. The lowest BCUT2D eigenvalue weighted by atomic mass is 10.1. The molecule has 1 aliphatic heterocycles. The van der Waals surface area contributed by atoms with E-state index in [-0.39, 0.29) is 0 Å². The average Bonchev–Trinajstić information content (AvgIpc) is 2.43. The Morgan fingerprint density at radius 1 is 1.25 bits per heavy atom. The summed E-state index contributed by atoms with van der Waals surface area (Å²) in [6, 6.07) is 2.57. The highest BCUT2D eigenvalue weighted by Gasteiger charge is 2.23. The smallest absolute Gasteiger partial charge is 0.132 e. The molecule has 0 saturated carbocycles. The van der Waals surface area contributed by atoms with Gasteiger partial charge in [0.05, 0.1) is 0 Å². The molecule has 1 unspecified atom stereocenters. The van der Waals surface area contributed by atoms with E-state index in [0.717, 1.165) is 56.4 Å². The van der Waals surface area contributed by atoms with Crippen molar-refractivity contribution in [3.8, 4) is 0 Å². The van der Waals surface area contributed by atoms with Gasteiger partial charge in [0, 0.05) is 50.4 Å². The standard InChI is InChI=1S/C15H27N5/c1-5-12-9-14(16-6-2)18-15(17-12)10-13-11-19(3)7-8-20(13)4/h9,13H,5-8,10-11H2,1-4H3,(H,16,17,18). The van der Waals surface area contributed by atoms with Crippen molar-refractivity contribution in [1.29, 1.82) is 0 Å². The van der Waals surface area contributed by atoms with Crippen molar-refractivity contribution in [2.24, 2.45) is 0 Å². The zero-order valence-electron chi connectivity index (χ0n) is 13.2. The van der Waals surface area contributed by atoms with Crippen LogP contribution in [0.1, 0.15) is 25.4 Å². The first kappa shape index (κ1) is 15.2. The fourth-order valence-electron chi connectivity index (χ4n) is 2.63. The summed E-state index contributed by atoms with van der Waals surface area (Å²) in [6.45, 7) is 8.48. The summed E-state index contributed by atoms with van der Waals surface area (Å²) in [6.07, 6.45) is 1.88. The molecular weight excluding hydrogens is 250 g/mol. The Balaban J connectivity index is 2.12. The highest BCUT2D eigenvalue weighted by Crippen LogP contribution is 2.13. The number of aryl methyl sites for hydroxylation is 1. The number of hydrogen-bond donors (Lipinski definition) is 1. The molecule has 1 fully saturated rings. The fourth-order valence-corrected chi connectivity index (χ4v) is 2.63. The van der Waals surface area contributed by atoms with Crippen LogP contribution in [-0.4, -0.2) is 66.1 Å². The molecule has 0 bridgehead atoms. The quantitative estimate of drug-likeness (QED) is 0.878. The molecule has 1 saturated heterocycles. The SMILES string of the molecule is CCNc1cc(CC)nc(CC2CN(C)CCN2C)n1. The van der Waals surface area contributed by atoms with E-state index in [9.17, 15) is 0 Å². The monoisotopic (exact) mass is 277 g/mol. The predicted molar refractivity (Wildman–Crippen MR) is 83.2 cm³/mol. The van der Waals surface area contributed by atoms with Crippen molar-refractivity contribution in [2.45, 2.75) is 32.7 Å². The van der Waals surface area contributed by atoms with Gasteiger partial charge >= 0.3 is 0 Å². The predicted octanol–water partition coefficient (Wildman–Crippen LogP) is 1.26. The maximum atomic E-state index is 4.69. The number of aromatic nitrogens is 2. The van der Waals surface area contributed by atoms with E-state index in [1.807, 2.05) is 0 Å². The van der Waals surface area contributed by atoms with Crippen LogP contribution in [0.5, 0.6) is 0 Å². The number of hydrogen-bond acceptors (Lipinski definition) is 5. The van der Waals surface area contributed by atoms with Crippen LogP contribution in [0, 0.1) is 0 Å². The van der Waals surface area contributed by atoms with Gasteiger partial charge in [-0.2, -0.15) is 0 Å². The minimum atomic E-state index is 0.510. The number of likely N-dealkylation sites (N-methyl/N-ethyl adjacent to an activating group) is 2. The summed E-state index contributed by atoms with van der Waals surface area (Å²) in [5.74, 6) is 1.92. The average molecular weight is 277 g/mol. The van der Waals surface area contributed by atoms with Crippen LogP contribution < -0.4 is 5.32 Å². The highest BCUT2D eigenvalue weighted by molar-refractivity contribution is 5.36. The molecule has 0 radical (unpaired) electrons. The molecule has 1 atom stereocenters. The normalized spacial score (nSPS) is 21.1. The van der Waals surface area contributed by atoms with Crippen LogP contribution in [0.3, 0.4) is 0 Å². The zero-order valence-corrected chi connectivity index (χ0v) is 13.2. The van der Waals surface area contributed by atoms with Gasteiger partial charge in [0.15, 0.2) is 0 Å². The van der Waals surface area contributed by atoms with E-state index in [1.54, 1.807) is 0 Å². The van der Waals surface area contributed by atoms with Crippen molar-refractivity contribution in [3.05, 3.63) is 17.6 Å². The van der Waals surface area contributed by atoms with Gasteiger partial charge in [-0.25, -0.2) is 9.97 Å². The molecule has 0 spiro atoms. The van der Waals surface area contributed by atoms with Crippen LogP contribution in [0.4, 0.5) is 5.82 Å². The topological polar surface area (TPSA) is 44.3 Å². The lowest BCUT2D eigenvalue weighted by Gasteiger charge is -2.37. The minimum Gasteiger partial charge on any atom is -0.370 e. The van der Waals surface area contributed by atoms with E-state index >= 15 is 0 Å². The van der Waals surface area contributed by atoms with Gasteiger partial charge in [-0.15, -0.1) is 0 Å². The Bertz CT molecular complexity index is 434. The van der Waals surface area contributed by atoms with Crippen LogP contribution >= 0.6 is 0 Å². The summed E-state index contributed by atoms with van der Waals surface area (Å²) in [5, 5.41) is 3.30. The van der Waals surface area contributed by atoms with Crippen LogP contribution in [0.2, 0.25) is 0 Å². The fraction of sp³-hybridized carbons (Fsp3) is 0.733. The molecule has 1 N–H and O–H groups in total. The second-order valence-corrected chi connectivity index (χ2v) is 5.65. The maximum Gasteiger partial charge on any atom is 0.132 e. The lowest BCUT2D eigenvalue weighted by Crippen LogP contribution is -2.51. The van der Waals surface area contributed by atoms with E-state index in [1.165, 1.54) is 0 Å². The molecule has 0 aromatic carbocycles. The number of nitrogens with one attached hydrogen (secondary N) is 1. The van der Waals surface area contributed by atoms with E-state index in [4.69, 9.17) is 4.98 Å².